The van der Waals surface area contributed by atoms with Crippen molar-refractivity contribution < 1.29 is 22.4 Å². The molecule has 7 nitrogen and oxygen atoms in total. The molecule has 2 aromatic rings. The monoisotopic (exact) mass is 413 g/mol. The SMILES string of the molecule is O=C([C@@H]1CCCc2nn(Cc3ccc(C(F)F)nc3)c(=O)n21)N1C[C@@H](F)[C@@H](F)C1. The van der Waals surface area contributed by atoms with Gasteiger partial charge in [-0.05, 0) is 24.5 Å². The van der Waals surface area contributed by atoms with Gasteiger partial charge in [0.2, 0.25) is 5.91 Å². The molecule has 0 aliphatic carbocycles. The third-order valence-electron chi connectivity index (χ3n) is 5.31. The molecule has 0 N–H and O–H groups in total. The topological polar surface area (TPSA) is 73.0 Å². The molecule has 1 saturated heterocycles. The van der Waals surface area contributed by atoms with Gasteiger partial charge in [0.25, 0.3) is 6.43 Å². The predicted octanol–water partition coefficient (Wildman–Crippen LogP) is 1.82. The van der Waals surface area contributed by atoms with Gasteiger partial charge in [0.1, 0.15) is 17.6 Å². The Kier molecular flexibility index (Phi) is 5.13. The second-order valence-electron chi connectivity index (χ2n) is 7.30. The molecule has 0 bridgehead atoms. The summed E-state index contributed by atoms with van der Waals surface area (Å²) in [5, 5.41) is 4.26. The molecule has 1 fully saturated rings. The molecule has 11 heteroatoms. The number of halogens is 4. The highest BCUT2D eigenvalue weighted by molar-refractivity contribution is 5.81. The molecular weight excluding hydrogens is 394 g/mol. The molecule has 0 unspecified atom stereocenters. The Bertz CT molecular complexity index is 948. The number of pyridine rings is 1. The first kappa shape index (κ1) is 19.6. The number of aromatic nitrogens is 4. The molecule has 2 aromatic heterocycles. The molecule has 0 radical (unpaired) electrons. The van der Waals surface area contributed by atoms with Crippen LogP contribution in [0.4, 0.5) is 17.6 Å². The number of hydrogen-bond donors (Lipinski definition) is 0. The van der Waals surface area contributed by atoms with Crippen LogP contribution in [0.1, 0.15) is 42.4 Å². The third-order valence-corrected chi connectivity index (χ3v) is 5.31. The Labute approximate surface area is 162 Å². The summed E-state index contributed by atoms with van der Waals surface area (Å²) in [7, 11) is 0. The Hall–Kier alpha value is -2.72. The van der Waals surface area contributed by atoms with Crippen LogP contribution in [0.3, 0.4) is 0 Å². The molecule has 0 spiro atoms. The standard InChI is InChI=1S/C18H19F4N5O2/c19-11-8-25(9-12(11)20)17(28)14-2-1-3-15-24-26(18(29)27(14)15)7-10-4-5-13(16(21)22)23-6-10/h4-6,11-12,14,16H,1-3,7-9H2/t11-,12+,14-/m0/s1. The Morgan fingerprint density at radius 3 is 2.55 bits per heavy atom. The minimum atomic E-state index is -2.68. The van der Waals surface area contributed by atoms with Gasteiger partial charge in [-0.2, -0.15) is 5.10 Å². The van der Waals surface area contributed by atoms with Crippen molar-refractivity contribution in [3.05, 3.63) is 45.9 Å². The van der Waals surface area contributed by atoms with E-state index >= 15 is 0 Å². The zero-order valence-electron chi connectivity index (χ0n) is 15.3. The number of carbonyl (C=O) groups is 1. The molecular formula is C18H19F4N5O2. The summed E-state index contributed by atoms with van der Waals surface area (Å²) in [5.74, 6) is -0.0668. The van der Waals surface area contributed by atoms with Crippen molar-refractivity contribution in [3.63, 3.8) is 0 Å². The summed E-state index contributed by atoms with van der Waals surface area (Å²) < 4.78 is 54.7. The lowest BCUT2D eigenvalue weighted by atomic mass is 10.0. The van der Waals surface area contributed by atoms with Crippen LogP contribution in [-0.2, 0) is 17.8 Å². The van der Waals surface area contributed by atoms with Crippen molar-refractivity contribution in [3.8, 4) is 0 Å². The fourth-order valence-electron chi connectivity index (χ4n) is 3.81. The zero-order chi connectivity index (χ0) is 20.7. The van der Waals surface area contributed by atoms with Gasteiger partial charge in [0, 0.05) is 12.6 Å². The van der Waals surface area contributed by atoms with Gasteiger partial charge in [-0.1, -0.05) is 6.07 Å². The van der Waals surface area contributed by atoms with E-state index in [1.54, 1.807) is 0 Å². The number of aryl methyl sites for hydroxylation is 1. The lowest BCUT2D eigenvalue weighted by Gasteiger charge is -2.26. The van der Waals surface area contributed by atoms with Crippen LogP contribution >= 0.6 is 0 Å². The van der Waals surface area contributed by atoms with Crippen LogP contribution in [0.15, 0.2) is 23.1 Å². The van der Waals surface area contributed by atoms with E-state index in [4.69, 9.17) is 0 Å². The lowest BCUT2D eigenvalue weighted by molar-refractivity contribution is -0.134. The van der Waals surface area contributed by atoms with Crippen LogP contribution < -0.4 is 5.69 Å². The Morgan fingerprint density at radius 1 is 1.21 bits per heavy atom. The molecule has 4 rings (SSSR count). The lowest BCUT2D eigenvalue weighted by Crippen LogP contribution is -2.42. The molecule has 0 aromatic carbocycles. The number of likely N-dealkylation sites (tertiary alicyclic amines) is 1. The first-order valence-electron chi connectivity index (χ1n) is 9.33. The minimum absolute atomic E-state index is 0.0130. The van der Waals surface area contributed by atoms with E-state index in [0.29, 0.717) is 30.7 Å². The van der Waals surface area contributed by atoms with E-state index < -0.39 is 36.4 Å². The average molecular weight is 413 g/mol. The van der Waals surface area contributed by atoms with Crippen LogP contribution in [0.25, 0.3) is 0 Å². The van der Waals surface area contributed by atoms with E-state index in [-0.39, 0.29) is 25.3 Å². The summed E-state index contributed by atoms with van der Waals surface area (Å²) in [5.41, 5.74) is -0.377. The van der Waals surface area contributed by atoms with E-state index in [1.165, 1.54) is 22.9 Å². The van der Waals surface area contributed by atoms with Crippen molar-refractivity contribution in [1.29, 1.82) is 0 Å². The van der Waals surface area contributed by atoms with E-state index in [1.807, 2.05) is 0 Å². The molecule has 29 heavy (non-hydrogen) atoms. The van der Waals surface area contributed by atoms with Gasteiger partial charge in [-0.15, -0.1) is 0 Å². The maximum Gasteiger partial charge on any atom is 0.346 e. The first-order chi connectivity index (χ1) is 13.8. The van der Waals surface area contributed by atoms with Gasteiger partial charge in [-0.25, -0.2) is 27.0 Å². The summed E-state index contributed by atoms with van der Waals surface area (Å²) >= 11 is 0. The van der Waals surface area contributed by atoms with Crippen LogP contribution in [0.2, 0.25) is 0 Å². The molecule has 4 heterocycles. The number of alkyl halides is 4. The second-order valence-corrected chi connectivity index (χ2v) is 7.30. The number of amides is 1. The average Bonchev–Trinajstić information content (AvgIpc) is 3.21. The fourth-order valence-corrected chi connectivity index (χ4v) is 3.81. The number of nitrogens with zero attached hydrogens (tertiary/aromatic N) is 5. The number of carbonyl (C=O) groups excluding carboxylic acids is 1. The highest BCUT2D eigenvalue weighted by atomic mass is 19.3. The van der Waals surface area contributed by atoms with E-state index in [2.05, 4.69) is 10.1 Å². The van der Waals surface area contributed by atoms with Crippen LogP contribution in [-0.4, -0.2) is 55.6 Å². The predicted molar refractivity (Wildman–Crippen MR) is 93.1 cm³/mol. The van der Waals surface area contributed by atoms with Crippen LogP contribution in [0, 0.1) is 0 Å². The summed E-state index contributed by atoms with van der Waals surface area (Å²) in [6.45, 7) is -0.632. The van der Waals surface area contributed by atoms with E-state index in [9.17, 15) is 27.2 Å². The molecule has 0 saturated carbocycles. The smallest absolute Gasteiger partial charge is 0.335 e. The molecule has 2 aliphatic rings. The van der Waals surface area contributed by atoms with Crippen molar-refractivity contribution in [2.45, 2.75) is 50.6 Å². The summed E-state index contributed by atoms with van der Waals surface area (Å²) in [6, 6.07) is 1.77. The molecule has 2 aliphatic heterocycles. The normalized spacial score (nSPS) is 24.2. The minimum Gasteiger partial charge on any atom is -0.335 e. The van der Waals surface area contributed by atoms with Crippen molar-refractivity contribution in [2.75, 3.05) is 13.1 Å². The zero-order valence-corrected chi connectivity index (χ0v) is 15.3. The molecule has 1 amide bonds. The van der Waals surface area contributed by atoms with Crippen molar-refractivity contribution in [1.82, 2.24) is 24.2 Å². The maximum atomic E-state index is 13.5. The fraction of sp³-hybridized carbons (Fsp3) is 0.556. The highest BCUT2D eigenvalue weighted by Gasteiger charge is 2.40. The van der Waals surface area contributed by atoms with Crippen LogP contribution in [0.5, 0.6) is 0 Å². The number of fused-ring (bicyclic) bond motifs is 1. The van der Waals surface area contributed by atoms with Gasteiger partial charge >= 0.3 is 5.69 Å². The number of rotatable bonds is 4. The maximum absolute atomic E-state index is 13.5. The summed E-state index contributed by atoms with van der Waals surface area (Å²) in [4.78, 5) is 30.4. The third kappa shape index (κ3) is 3.65. The first-order valence-corrected chi connectivity index (χ1v) is 9.33. The highest BCUT2D eigenvalue weighted by Crippen LogP contribution is 2.27. The molecule has 156 valence electrons. The van der Waals surface area contributed by atoms with Gasteiger partial charge in [0.15, 0.2) is 12.3 Å². The Balaban J connectivity index is 1.58. The molecule has 3 atom stereocenters. The van der Waals surface area contributed by atoms with Gasteiger partial charge < -0.3 is 4.90 Å². The quantitative estimate of drug-likeness (QED) is 0.717. The number of hydrogen-bond acceptors (Lipinski definition) is 4. The second kappa shape index (κ2) is 7.60. The largest absolute Gasteiger partial charge is 0.346 e. The van der Waals surface area contributed by atoms with Crippen molar-refractivity contribution in [2.24, 2.45) is 0 Å². The van der Waals surface area contributed by atoms with Gasteiger partial charge in [0.05, 0.1) is 19.6 Å². The Morgan fingerprint density at radius 2 is 1.93 bits per heavy atom. The van der Waals surface area contributed by atoms with Gasteiger partial charge in [-0.3, -0.25) is 14.3 Å². The van der Waals surface area contributed by atoms with E-state index in [0.717, 1.165) is 9.58 Å². The summed E-state index contributed by atoms with van der Waals surface area (Å²) in [6.07, 6.45) is -3.38. The van der Waals surface area contributed by atoms with Crippen molar-refractivity contribution >= 4 is 5.91 Å².